The number of carbonyl (C=O) groups excluding carboxylic acids is 1. The summed E-state index contributed by atoms with van der Waals surface area (Å²) in [7, 11) is 1.80. The van der Waals surface area contributed by atoms with Gasteiger partial charge in [-0.25, -0.2) is 0 Å². The Morgan fingerprint density at radius 2 is 2.12 bits per heavy atom. The molecule has 0 aromatic carbocycles. The van der Waals surface area contributed by atoms with Crippen molar-refractivity contribution in [3.05, 3.63) is 17.5 Å². The van der Waals surface area contributed by atoms with E-state index in [-0.39, 0.29) is 11.9 Å². The maximum atomic E-state index is 12.0. The zero-order chi connectivity index (χ0) is 12.3. The second-order valence-electron chi connectivity index (χ2n) is 4.72. The van der Waals surface area contributed by atoms with E-state index in [0.717, 1.165) is 6.42 Å². The first-order valence-corrected chi connectivity index (χ1v) is 5.62. The quantitative estimate of drug-likeness (QED) is 0.789. The van der Waals surface area contributed by atoms with E-state index in [1.807, 2.05) is 6.92 Å². The van der Waals surface area contributed by atoms with Crippen LogP contribution in [0.25, 0.3) is 0 Å². The van der Waals surface area contributed by atoms with Crippen molar-refractivity contribution in [2.24, 2.45) is 5.92 Å². The molecule has 0 spiro atoms. The largest absolute Gasteiger partial charge is 0.361 e. The van der Waals surface area contributed by atoms with E-state index in [1.54, 1.807) is 24.9 Å². The van der Waals surface area contributed by atoms with Crippen LogP contribution in [0.1, 0.15) is 43.4 Å². The molecule has 0 aliphatic heterocycles. The number of rotatable bonds is 4. The molecule has 0 saturated carbocycles. The molecule has 0 unspecified atom stereocenters. The summed E-state index contributed by atoms with van der Waals surface area (Å²) in [6.45, 7) is 8.12. The minimum Gasteiger partial charge on any atom is -0.361 e. The third-order valence-electron chi connectivity index (χ3n) is 2.64. The van der Waals surface area contributed by atoms with Gasteiger partial charge in [0.1, 0.15) is 5.76 Å². The van der Waals surface area contributed by atoms with Crippen LogP contribution in [-0.4, -0.2) is 29.1 Å². The van der Waals surface area contributed by atoms with Gasteiger partial charge in [0.25, 0.3) is 5.91 Å². The monoisotopic (exact) mass is 224 g/mol. The van der Waals surface area contributed by atoms with Gasteiger partial charge in [-0.05, 0) is 26.2 Å². The van der Waals surface area contributed by atoms with Crippen molar-refractivity contribution in [3.8, 4) is 0 Å². The Balaban J connectivity index is 2.67. The molecule has 1 amide bonds. The van der Waals surface area contributed by atoms with Crippen molar-refractivity contribution in [2.45, 2.75) is 40.2 Å². The molecule has 0 fully saturated rings. The lowest BCUT2D eigenvalue weighted by Gasteiger charge is -2.25. The van der Waals surface area contributed by atoms with Crippen LogP contribution in [0, 0.1) is 12.8 Å². The van der Waals surface area contributed by atoms with Crippen LogP contribution in [0.3, 0.4) is 0 Å². The van der Waals surface area contributed by atoms with Gasteiger partial charge in [-0.3, -0.25) is 4.79 Å². The highest BCUT2D eigenvalue weighted by Gasteiger charge is 2.20. The maximum Gasteiger partial charge on any atom is 0.276 e. The second kappa shape index (κ2) is 5.14. The standard InChI is InChI=1S/C12H20N2O2/c1-8(2)6-9(3)14(5)12(15)11-7-10(4)16-13-11/h7-9H,6H2,1-5H3/t9-/m0/s1. The van der Waals surface area contributed by atoms with E-state index in [0.29, 0.717) is 17.4 Å². The van der Waals surface area contributed by atoms with Gasteiger partial charge < -0.3 is 9.42 Å². The van der Waals surface area contributed by atoms with Crippen molar-refractivity contribution >= 4 is 5.91 Å². The molecular weight excluding hydrogens is 204 g/mol. The molecule has 16 heavy (non-hydrogen) atoms. The maximum absolute atomic E-state index is 12.0. The average molecular weight is 224 g/mol. The Morgan fingerprint density at radius 3 is 2.56 bits per heavy atom. The van der Waals surface area contributed by atoms with E-state index < -0.39 is 0 Å². The van der Waals surface area contributed by atoms with Crippen LogP contribution in [0.4, 0.5) is 0 Å². The number of aryl methyl sites for hydroxylation is 1. The zero-order valence-electron chi connectivity index (χ0n) is 10.7. The predicted octanol–water partition coefficient (Wildman–Crippen LogP) is 2.49. The third kappa shape index (κ3) is 3.08. The molecule has 0 bridgehead atoms. The molecule has 0 aliphatic rings. The van der Waals surface area contributed by atoms with E-state index in [2.05, 4.69) is 19.0 Å². The molecule has 4 nitrogen and oxygen atoms in total. The first-order valence-electron chi connectivity index (χ1n) is 5.62. The first kappa shape index (κ1) is 12.7. The molecule has 1 rings (SSSR count). The molecular formula is C12H20N2O2. The van der Waals surface area contributed by atoms with Gasteiger partial charge in [0.05, 0.1) is 0 Å². The van der Waals surface area contributed by atoms with Crippen LogP contribution >= 0.6 is 0 Å². The summed E-state index contributed by atoms with van der Waals surface area (Å²) in [4.78, 5) is 13.7. The molecule has 1 heterocycles. The van der Waals surface area contributed by atoms with E-state index in [1.165, 1.54) is 0 Å². The van der Waals surface area contributed by atoms with Gasteiger partial charge in [0.15, 0.2) is 5.69 Å². The number of hydrogen-bond acceptors (Lipinski definition) is 3. The lowest BCUT2D eigenvalue weighted by atomic mass is 10.0. The molecule has 90 valence electrons. The van der Waals surface area contributed by atoms with Gasteiger partial charge in [0.2, 0.25) is 0 Å². The van der Waals surface area contributed by atoms with Crippen molar-refractivity contribution in [1.82, 2.24) is 10.1 Å². The summed E-state index contributed by atoms with van der Waals surface area (Å²) >= 11 is 0. The van der Waals surface area contributed by atoms with E-state index >= 15 is 0 Å². The molecule has 1 aromatic rings. The molecule has 4 heteroatoms. The Labute approximate surface area is 96.6 Å². The number of carbonyl (C=O) groups is 1. The van der Waals surface area contributed by atoms with Gasteiger partial charge in [0, 0.05) is 19.2 Å². The summed E-state index contributed by atoms with van der Waals surface area (Å²) in [5.74, 6) is 1.16. The molecule has 1 aromatic heterocycles. The number of amides is 1. The number of nitrogens with zero attached hydrogens (tertiary/aromatic N) is 2. The first-order chi connectivity index (χ1) is 7.41. The van der Waals surface area contributed by atoms with Crippen molar-refractivity contribution in [2.75, 3.05) is 7.05 Å². The Bertz CT molecular complexity index is 358. The highest BCUT2D eigenvalue weighted by atomic mass is 16.5. The fraction of sp³-hybridized carbons (Fsp3) is 0.667. The summed E-state index contributed by atoms with van der Waals surface area (Å²) in [6.07, 6.45) is 0.985. The topological polar surface area (TPSA) is 46.3 Å². The summed E-state index contributed by atoms with van der Waals surface area (Å²) in [5.41, 5.74) is 0.385. The van der Waals surface area contributed by atoms with Crippen LogP contribution in [0.2, 0.25) is 0 Å². The normalized spacial score (nSPS) is 12.9. The Hall–Kier alpha value is -1.32. The van der Waals surface area contributed by atoms with E-state index in [4.69, 9.17) is 4.52 Å². The predicted molar refractivity (Wildman–Crippen MR) is 62.3 cm³/mol. The lowest BCUT2D eigenvalue weighted by Crippen LogP contribution is -2.36. The third-order valence-corrected chi connectivity index (χ3v) is 2.64. The fourth-order valence-electron chi connectivity index (χ4n) is 1.69. The molecule has 0 saturated heterocycles. The summed E-state index contributed by atoms with van der Waals surface area (Å²) in [5, 5.41) is 3.73. The molecule has 0 radical (unpaired) electrons. The second-order valence-corrected chi connectivity index (χ2v) is 4.72. The van der Waals surface area contributed by atoms with Gasteiger partial charge in [-0.2, -0.15) is 0 Å². The Morgan fingerprint density at radius 1 is 1.50 bits per heavy atom. The minimum atomic E-state index is -0.0787. The Kier molecular flexibility index (Phi) is 4.10. The summed E-state index contributed by atoms with van der Waals surface area (Å²) < 4.78 is 4.90. The van der Waals surface area contributed by atoms with E-state index in [9.17, 15) is 4.79 Å². The SMILES string of the molecule is Cc1cc(C(=O)N(C)[C@@H](C)CC(C)C)no1. The minimum absolute atomic E-state index is 0.0787. The summed E-state index contributed by atoms with van der Waals surface area (Å²) in [6, 6.07) is 1.88. The molecule has 1 atom stereocenters. The lowest BCUT2D eigenvalue weighted by molar-refractivity contribution is 0.0717. The molecule has 0 aliphatic carbocycles. The smallest absolute Gasteiger partial charge is 0.276 e. The highest BCUT2D eigenvalue weighted by Crippen LogP contribution is 2.13. The van der Waals surface area contributed by atoms with Gasteiger partial charge in [-0.15, -0.1) is 0 Å². The van der Waals surface area contributed by atoms with Gasteiger partial charge in [-0.1, -0.05) is 19.0 Å². The van der Waals surface area contributed by atoms with Crippen LogP contribution in [-0.2, 0) is 0 Å². The van der Waals surface area contributed by atoms with Crippen molar-refractivity contribution < 1.29 is 9.32 Å². The van der Waals surface area contributed by atoms with Gasteiger partial charge >= 0.3 is 0 Å². The van der Waals surface area contributed by atoms with Crippen LogP contribution in [0.15, 0.2) is 10.6 Å². The van der Waals surface area contributed by atoms with Crippen molar-refractivity contribution in [1.29, 1.82) is 0 Å². The number of aromatic nitrogens is 1. The number of hydrogen-bond donors (Lipinski definition) is 0. The zero-order valence-corrected chi connectivity index (χ0v) is 10.7. The fourth-order valence-corrected chi connectivity index (χ4v) is 1.69. The average Bonchev–Trinajstić information content (AvgIpc) is 2.61. The highest BCUT2D eigenvalue weighted by molar-refractivity contribution is 5.92. The molecule has 0 N–H and O–H groups in total. The van der Waals surface area contributed by atoms with Crippen molar-refractivity contribution in [3.63, 3.8) is 0 Å². The van der Waals surface area contributed by atoms with Crippen LogP contribution in [0.5, 0.6) is 0 Å². The van der Waals surface area contributed by atoms with Crippen LogP contribution < -0.4 is 0 Å².